The lowest BCUT2D eigenvalue weighted by Gasteiger charge is -2.08. The highest BCUT2D eigenvalue weighted by Gasteiger charge is 2.11. The molecule has 0 unspecified atom stereocenters. The minimum Gasteiger partial charge on any atom is -0.508 e. The van der Waals surface area contributed by atoms with Gasteiger partial charge in [-0.1, -0.05) is 32.6 Å². The molecule has 4 N–H and O–H groups in total. The Morgan fingerprint density at radius 2 is 1.77 bits per heavy atom. The zero-order valence-corrected chi connectivity index (χ0v) is 12.9. The van der Waals surface area contributed by atoms with Crippen LogP contribution in [0.1, 0.15) is 55.8 Å². The van der Waals surface area contributed by atoms with Gasteiger partial charge >= 0.3 is 0 Å². The van der Waals surface area contributed by atoms with E-state index in [9.17, 15) is 14.7 Å². The van der Waals surface area contributed by atoms with Gasteiger partial charge in [0.05, 0.1) is 12.2 Å². The summed E-state index contributed by atoms with van der Waals surface area (Å²) in [4.78, 5) is 23.3. The number of benzene rings is 1. The van der Waals surface area contributed by atoms with Crippen molar-refractivity contribution in [2.24, 2.45) is 0 Å². The maximum atomic E-state index is 11.8. The summed E-state index contributed by atoms with van der Waals surface area (Å²) in [6.07, 6.45) is 5.83. The smallest absolute Gasteiger partial charge is 0.256 e. The van der Waals surface area contributed by atoms with Gasteiger partial charge in [0.2, 0.25) is 5.91 Å². The molecule has 22 heavy (non-hydrogen) atoms. The van der Waals surface area contributed by atoms with Crippen molar-refractivity contribution in [3.63, 3.8) is 0 Å². The molecular formula is C16H24N2O4. The molecule has 0 saturated heterocycles. The van der Waals surface area contributed by atoms with Crippen LogP contribution in [0.2, 0.25) is 0 Å². The molecule has 0 saturated carbocycles. The quantitative estimate of drug-likeness (QED) is 0.415. The van der Waals surface area contributed by atoms with Gasteiger partial charge in [-0.25, -0.2) is 0 Å². The van der Waals surface area contributed by atoms with Crippen LogP contribution in [0.3, 0.4) is 0 Å². The van der Waals surface area contributed by atoms with Crippen LogP contribution in [-0.4, -0.2) is 28.7 Å². The van der Waals surface area contributed by atoms with Crippen molar-refractivity contribution >= 4 is 11.8 Å². The summed E-state index contributed by atoms with van der Waals surface area (Å²) in [5, 5.41) is 23.8. The molecule has 1 rings (SSSR count). The molecule has 2 amide bonds. The van der Waals surface area contributed by atoms with Crippen molar-refractivity contribution < 1.29 is 19.8 Å². The average molecular weight is 308 g/mol. The second-order valence-electron chi connectivity index (χ2n) is 5.15. The largest absolute Gasteiger partial charge is 0.508 e. The van der Waals surface area contributed by atoms with Crippen LogP contribution < -0.4 is 10.6 Å². The summed E-state index contributed by atoms with van der Waals surface area (Å²) >= 11 is 0. The van der Waals surface area contributed by atoms with Gasteiger partial charge in [-0.05, 0) is 18.6 Å². The Hall–Kier alpha value is -2.24. The van der Waals surface area contributed by atoms with Gasteiger partial charge in [-0.15, -0.1) is 0 Å². The fraction of sp³-hybridized carbons (Fsp3) is 0.500. The first-order valence-electron chi connectivity index (χ1n) is 7.61. The maximum Gasteiger partial charge on any atom is 0.256 e. The molecule has 1 aromatic carbocycles. The molecule has 122 valence electrons. The monoisotopic (exact) mass is 308 g/mol. The second-order valence-corrected chi connectivity index (χ2v) is 5.15. The van der Waals surface area contributed by atoms with E-state index in [0.717, 1.165) is 25.3 Å². The van der Waals surface area contributed by atoms with E-state index in [-0.39, 0.29) is 29.6 Å². The van der Waals surface area contributed by atoms with E-state index in [2.05, 4.69) is 17.6 Å². The first-order valence-corrected chi connectivity index (χ1v) is 7.61. The maximum absolute atomic E-state index is 11.8. The van der Waals surface area contributed by atoms with Gasteiger partial charge in [-0.3, -0.25) is 9.59 Å². The van der Waals surface area contributed by atoms with Crippen LogP contribution in [0.15, 0.2) is 18.2 Å². The van der Waals surface area contributed by atoms with E-state index in [1.807, 2.05) is 0 Å². The SMILES string of the molecule is CCCCCCCC(=O)NCNC(=O)c1ccc(O)cc1O. The minimum absolute atomic E-state index is 0.00689. The number of rotatable bonds is 9. The number of phenolic OH excluding ortho intramolecular Hbond substituents is 2. The Morgan fingerprint density at radius 1 is 1.05 bits per heavy atom. The molecule has 1 aromatic rings. The van der Waals surface area contributed by atoms with Crippen LogP contribution in [-0.2, 0) is 4.79 Å². The Labute approximate surface area is 130 Å². The van der Waals surface area contributed by atoms with Crippen LogP contribution >= 0.6 is 0 Å². The predicted molar refractivity (Wildman–Crippen MR) is 83.6 cm³/mol. The summed E-state index contributed by atoms with van der Waals surface area (Å²) < 4.78 is 0. The molecule has 0 aliphatic heterocycles. The molecule has 6 nitrogen and oxygen atoms in total. The normalized spacial score (nSPS) is 10.2. The first kappa shape index (κ1) is 17.8. The van der Waals surface area contributed by atoms with E-state index in [1.54, 1.807) is 0 Å². The molecule has 0 fully saturated rings. The summed E-state index contributed by atoms with van der Waals surface area (Å²) in [5.41, 5.74) is 0.0478. The number of carbonyl (C=O) groups excluding carboxylic acids is 2. The topological polar surface area (TPSA) is 98.7 Å². The van der Waals surface area contributed by atoms with Crippen molar-refractivity contribution in [3.05, 3.63) is 23.8 Å². The summed E-state index contributed by atoms with van der Waals surface area (Å²) in [7, 11) is 0. The number of hydrogen-bond donors (Lipinski definition) is 4. The number of phenols is 2. The lowest BCUT2D eigenvalue weighted by molar-refractivity contribution is -0.121. The Bertz CT molecular complexity index is 503. The van der Waals surface area contributed by atoms with Gasteiger partial charge in [0.15, 0.2) is 0 Å². The van der Waals surface area contributed by atoms with Gasteiger partial charge in [-0.2, -0.15) is 0 Å². The van der Waals surface area contributed by atoms with Crippen molar-refractivity contribution in [3.8, 4) is 11.5 Å². The van der Waals surface area contributed by atoms with E-state index >= 15 is 0 Å². The van der Waals surface area contributed by atoms with Crippen molar-refractivity contribution in [1.82, 2.24) is 10.6 Å². The van der Waals surface area contributed by atoms with Crippen molar-refractivity contribution in [2.45, 2.75) is 45.4 Å². The third kappa shape index (κ3) is 6.47. The molecule has 0 atom stereocenters. The number of carbonyl (C=O) groups is 2. The standard InChI is InChI=1S/C16H24N2O4/c1-2-3-4-5-6-7-15(21)17-11-18-16(22)13-9-8-12(19)10-14(13)20/h8-10,19-20H,2-7,11H2,1H3,(H,17,21)(H,18,22). The Morgan fingerprint density at radius 3 is 2.45 bits per heavy atom. The zero-order chi connectivity index (χ0) is 16.4. The van der Waals surface area contributed by atoms with Gasteiger partial charge < -0.3 is 20.8 Å². The molecule has 6 heteroatoms. The fourth-order valence-electron chi connectivity index (χ4n) is 2.01. The third-order valence-electron chi connectivity index (χ3n) is 3.27. The Kier molecular flexibility index (Phi) is 7.81. The molecule has 0 aliphatic rings. The van der Waals surface area contributed by atoms with Gasteiger partial charge in [0, 0.05) is 12.5 Å². The van der Waals surface area contributed by atoms with Crippen LogP contribution in [0.4, 0.5) is 0 Å². The van der Waals surface area contributed by atoms with Crippen LogP contribution in [0.25, 0.3) is 0 Å². The Balaban J connectivity index is 2.23. The van der Waals surface area contributed by atoms with Crippen LogP contribution in [0.5, 0.6) is 11.5 Å². The van der Waals surface area contributed by atoms with Crippen LogP contribution in [0, 0.1) is 0 Å². The molecule has 0 bridgehead atoms. The summed E-state index contributed by atoms with van der Waals surface area (Å²) in [6, 6.07) is 3.71. The third-order valence-corrected chi connectivity index (χ3v) is 3.27. The first-order chi connectivity index (χ1) is 10.5. The average Bonchev–Trinajstić information content (AvgIpc) is 2.46. The molecule has 0 spiro atoms. The van der Waals surface area contributed by atoms with E-state index in [0.29, 0.717) is 6.42 Å². The highest BCUT2D eigenvalue weighted by atomic mass is 16.3. The molecule has 0 radical (unpaired) electrons. The molecular weight excluding hydrogens is 284 g/mol. The number of amides is 2. The number of unbranched alkanes of at least 4 members (excludes halogenated alkanes) is 4. The number of aromatic hydroxyl groups is 2. The highest BCUT2D eigenvalue weighted by molar-refractivity contribution is 5.97. The highest BCUT2D eigenvalue weighted by Crippen LogP contribution is 2.22. The number of nitrogens with one attached hydrogen (secondary N) is 2. The molecule has 0 aliphatic carbocycles. The molecule has 0 heterocycles. The lowest BCUT2D eigenvalue weighted by Crippen LogP contribution is -2.37. The minimum atomic E-state index is -0.513. The van der Waals surface area contributed by atoms with Gasteiger partial charge in [0.25, 0.3) is 5.91 Å². The van der Waals surface area contributed by atoms with Crippen molar-refractivity contribution in [2.75, 3.05) is 6.67 Å². The summed E-state index contributed by atoms with van der Waals surface area (Å²) in [5.74, 6) is -1.04. The summed E-state index contributed by atoms with van der Waals surface area (Å²) in [6.45, 7) is 2.15. The van der Waals surface area contributed by atoms with Crippen molar-refractivity contribution in [1.29, 1.82) is 0 Å². The number of hydrogen-bond acceptors (Lipinski definition) is 4. The van der Waals surface area contributed by atoms with E-state index in [4.69, 9.17) is 5.11 Å². The van der Waals surface area contributed by atoms with E-state index < -0.39 is 5.91 Å². The lowest BCUT2D eigenvalue weighted by atomic mass is 10.1. The predicted octanol–water partition coefficient (Wildman–Crippen LogP) is 2.26. The van der Waals surface area contributed by atoms with E-state index in [1.165, 1.54) is 25.0 Å². The second kappa shape index (κ2) is 9.65. The molecule has 0 aromatic heterocycles. The zero-order valence-electron chi connectivity index (χ0n) is 12.9. The van der Waals surface area contributed by atoms with Gasteiger partial charge in [0.1, 0.15) is 11.5 Å². The fourth-order valence-corrected chi connectivity index (χ4v) is 2.01.